The largest absolute Gasteiger partial charge is 0.469 e. The molecular weight excluding hydrogens is 152 g/mol. The summed E-state index contributed by atoms with van der Waals surface area (Å²) in [4.78, 5) is 11.0. The van der Waals surface area contributed by atoms with Gasteiger partial charge in [0.2, 0.25) is 0 Å². The van der Waals surface area contributed by atoms with Crippen molar-refractivity contribution in [2.45, 2.75) is 32.1 Å². The first kappa shape index (κ1) is 9.30. The molecular formula is C10H16O2. The van der Waals surface area contributed by atoms with Crippen LogP contribution >= 0.6 is 0 Å². The van der Waals surface area contributed by atoms with Crippen LogP contribution < -0.4 is 0 Å². The molecule has 12 heavy (non-hydrogen) atoms. The van der Waals surface area contributed by atoms with Gasteiger partial charge in [-0.05, 0) is 25.2 Å². The lowest BCUT2D eigenvalue weighted by atomic mass is 9.83. The van der Waals surface area contributed by atoms with Crippen molar-refractivity contribution in [2.24, 2.45) is 5.92 Å². The van der Waals surface area contributed by atoms with Gasteiger partial charge in [-0.1, -0.05) is 18.6 Å². The molecule has 0 bridgehead atoms. The van der Waals surface area contributed by atoms with Crippen molar-refractivity contribution in [2.75, 3.05) is 7.11 Å². The van der Waals surface area contributed by atoms with E-state index in [1.165, 1.54) is 25.5 Å². The Hall–Kier alpha value is -0.790. The van der Waals surface area contributed by atoms with Crippen molar-refractivity contribution in [3.05, 3.63) is 12.2 Å². The van der Waals surface area contributed by atoms with E-state index < -0.39 is 0 Å². The minimum absolute atomic E-state index is 0.108. The highest BCUT2D eigenvalue weighted by atomic mass is 16.5. The van der Waals surface area contributed by atoms with Gasteiger partial charge < -0.3 is 4.74 Å². The zero-order chi connectivity index (χ0) is 8.97. The van der Waals surface area contributed by atoms with E-state index in [1.807, 2.05) is 0 Å². The third-order valence-electron chi connectivity index (χ3n) is 2.52. The number of carbonyl (C=O) groups excluding carboxylic acids is 1. The van der Waals surface area contributed by atoms with Crippen LogP contribution in [-0.2, 0) is 9.53 Å². The smallest absolute Gasteiger partial charge is 0.306 e. The molecule has 68 valence electrons. The third kappa shape index (κ3) is 2.36. The normalized spacial score (nSPS) is 23.8. The van der Waals surface area contributed by atoms with Gasteiger partial charge in [0.1, 0.15) is 0 Å². The molecule has 0 radical (unpaired) electrons. The second-order valence-corrected chi connectivity index (χ2v) is 3.38. The van der Waals surface area contributed by atoms with Crippen LogP contribution in [0, 0.1) is 5.92 Å². The number of carbonyl (C=O) groups is 1. The Morgan fingerprint density at radius 1 is 1.67 bits per heavy atom. The monoisotopic (exact) mass is 168 g/mol. The van der Waals surface area contributed by atoms with E-state index in [9.17, 15) is 4.79 Å². The zero-order valence-corrected chi connectivity index (χ0v) is 7.64. The summed E-state index contributed by atoms with van der Waals surface area (Å²) in [7, 11) is 1.44. The average Bonchev–Trinajstić information content (AvgIpc) is 2.09. The highest BCUT2D eigenvalue weighted by Crippen LogP contribution is 2.30. The van der Waals surface area contributed by atoms with Gasteiger partial charge in [0.15, 0.2) is 0 Å². The maximum atomic E-state index is 11.0. The first-order valence-electron chi connectivity index (χ1n) is 4.48. The van der Waals surface area contributed by atoms with Crippen molar-refractivity contribution in [3.8, 4) is 0 Å². The number of allylic oxidation sites excluding steroid dienone is 1. The average molecular weight is 168 g/mol. The fourth-order valence-corrected chi connectivity index (χ4v) is 1.68. The van der Waals surface area contributed by atoms with Crippen LogP contribution in [0.15, 0.2) is 12.2 Å². The van der Waals surface area contributed by atoms with E-state index >= 15 is 0 Å². The fraction of sp³-hybridized carbons (Fsp3) is 0.700. The minimum atomic E-state index is -0.108. The lowest BCUT2D eigenvalue weighted by Gasteiger charge is -2.23. The molecule has 0 aromatic rings. The predicted octanol–water partition coefficient (Wildman–Crippen LogP) is 2.30. The molecule has 0 aromatic heterocycles. The maximum Gasteiger partial charge on any atom is 0.306 e. The molecule has 0 spiro atoms. The molecule has 1 unspecified atom stereocenters. The molecule has 0 amide bonds. The minimum Gasteiger partial charge on any atom is -0.469 e. The second-order valence-electron chi connectivity index (χ2n) is 3.38. The van der Waals surface area contributed by atoms with Crippen LogP contribution in [0.4, 0.5) is 0 Å². The van der Waals surface area contributed by atoms with E-state index in [0.717, 1.165) is 12.8 Å². The highest BCUT2D eigenvalue weighted by Gasteiger charge is 2.20. The van der Waals surface area contributed by atoms with E-state index in [2.05, 4.69) is 11.3 Å². The molecule has 0 N–H and O–H groups in total. The van der Waals surface area contributed by atoms with Crippen LogP contribution in [0.5, 0.6) is 0 Å². The van der Waals surface area contributed by atoms with E-state index in [1.54, 1.807) is 0 Å². The Kier molecular flexibility index (Phi) is 3.32. The van der Waals surface area contributed by atoms with E-state index in [-0.39, 0.29) is 5.97 Å². The number of hydrogen-bond donors (Lipinski definition) is 0. The number of esters is 1. The van der Waals surface area contributed by atoms with Crippen molar-refractivity contribution in [3.63, 3.8) is 0 Å². The third-order valence-corrected chi connectivity index (χ3v) is 2.52. The molecule has 2 heteroatoms. The Labute approximate surface area is 73.6 Å². The molecule has 0 aromatic carbocycles. The molecule has 1 fully saturated rings. The molecule has 2 nitrogen and oxygen atoms in total. The number of hydrogen-bond acceptors (Lipinski definition) is 2. The van der Waals surface area contributed by atoms with Gasteiger partial charge in [0.05, 0.1) is 13.5 Å². The van der Waals surface area contributed by atoms with Crippen LogP contribution in [0.25, 0.3) is 0 Å². The van der Waals surface area contributed by atoms with Crippen LogP contribution in [0.2, 0.25) is 0 Å². The summed E-state index contributed by atoms with van der Waals surface area (Å²) in [5.41, 5.74) is 1.23. The Morgan fingerprint density at radius 3 is 3.00 bits per heavy atom. The van der Waals surface area contributed by atoms with Gasteiger partial charge in [-0.3, -0.25) is 4.79 Å². The Morgan fingerprint density at radius 2 is 2.42 bits per heavy atom. The van der Waals surface area contributed by atoms with Gasteiger partial charge in [-0.15, -0.1) is 0 Å². The quantitative estimate of drug-likeness (QED) is 0.467. The molecule has 0 heterocycles. The van der Waals surface area contributed by atoms with Crippen molar-refractivity contribution in [1.82, 2.24) is 0 Å². The number of rotatable bonds is 2. The lowest BCUT2D eigenvalue weighted by molar-refractivity contribution is -0.141. The number of methoxy groups -OCH3 is 1. The van der Waals surface area contributed by atoms with Crippen LogP contribution in [0.1, 0.15) is 32.1 Å². The molecule has 1 atom stereocenters. The second kappa shape index (κ2) is 4.29. The lowest BCUT2D eigenvalue weighted by Crippen LogP contribution is -2.14. The van der Waals surface area contributed by atoms with Crippen molar-refractivity contribution in [1.29, 1.82) is 0 Å². The molecule has 1 rings (SSSR count). The zero-order valence-electron chi connectivity index (χ0n) is 7.64. The van der Waals surface area contributed by atoms with Gasteiger partial charge in [0.25, 0.3) is 0 Å². The van der Waals surface area contributed by atoms with Crippen molar-refractivity contribution >= 4 is 5.97 Å². The van der Waals surface area contributed by atoms with Gasteiger partial charge in [-0.25, -0.2) is 0 Å². The van der Waals surface area contributed by atoms with Crippen molar-refractivity contribution < 1.29 is 9.53 Å². The van der Waals surface area contributed by atoms with E-state index in [0.29, 0.717) is 12.3 Å². The Bertz CT molecular complexity index is 184. The standard InChI is InChI=1S/C10H16O2/c1-8-5-3-4-6-9(8)7-10(11)12-2/h9H,1,3-7H2,2H3. The number of ether oxygens (including phenoxy) is 1. The summed E-state index contributed by atoms with van der Waals surface area (Å²) in [6, 6.07) is 0. The summed E-state index contributed by atoms with van der Waals surface area (Å²) in [5.74, 6) is 0.272. The highest BCUT2D eigenvalue weighted by molar-refractivity contribution is 5.69. The van der Waals surface area contributed by atoms with Crippen LogP contribution in [-0.4, -0.2) is 13.1 Å². The molecule has 0 saturated heterocycles. The molecule has 1 aliphatic rings. The molecule has 1 aliphatic carbocycles. The van der Waals surface area contributed by atoms with Gasteiger partial charge >= 0.3 is 5.97 Å². The topological polar surface area (TPSA) is 26.3 Å². The summed E-state index contributed by atoms with van der Waals surface area (Å²) < 4.78 is 4.62. The van der Waals surface area contributed by atoms with Gasteiger partial charge in [0, 0.05) is 0 Å². The fourth-order valence-electron chi connectivity index (χ4n) is 1.68. The van der Waals surface area contributed by atoms with Crippen LogP contribution in [0.3, 0.4) is 0 Å². The first-order chi connectivity index (χ1) is 5.74. The Balaban J connectivity index is 2.39. The predicted molar refractivity (Wildman–Crippen MR) is 47.7 cm³/mol. The first-order valence-corrected chi connectivity index (χ1v) is 4.48. The maximum absolute atomic E-state index is 11.0. The van der Waals surface area contributed by atoms with E-state index in [4.69, 9.17) is 0 Å². The SMILES string of the molecule is C=C1CCCCC1CC(=O)OC. The molecule has 1 saturated carbocycles. The molecule has 0 aliphatic heterocycles. The summed E-state index contributed by atoms with van der Waals surface area (Å²) >= 11 is 0. The summed E-state index contributed by atoms with van der Waals surface area (Å²) in [5, 5.41) is 0. The van der Waals surface area contributed by atoms with Gasteiger partial charge in [-0.2, -0.15) is 0 Å². The summed E-state index contributed by atoms with van der Waals surface area (Å²) in [6.45, 7) is 3.98. The summed E-state index contributed by atoms with van der Waals surface area (Å²) in [6.07, 6.45) is 5.17.